The number of anilines is 2. The summed E-state index contributed by atoms with van der Waals surface area (Å²) in [6, 6.07) is 4.47. The van der Waals surface area contributed by atoms with Crippen molar-refractivity contribution in [2.75, 3.05) is 26.0 Å². The van der Waals surface area contributed by atoms with E-state index in [1.807, 2.05) is 0 Å². The van der Waals surface area contributed by atoms with E-state index in [4.69, 9.17) is 4.74 Å². The molecule has 1 aliphatic heterocycles. The monoisotopic (exact) mass is 633 g/mol. The standard InChI is InChI=1S/C30H37F2N7O4.ClH/c1-16(33-4)27(40)38-25(29(42)39-28(41)22-7-6-10-34-22)30(2,3)14-17-11-19-23(13-24(17)43-5)35-15-36-26(19)37-21-9-8-18(31)12-20(21)32;/h8-9,11-13,15-16,22,25,33-34H,6-7,10,14H2,1-5H3,(H,38,40)(H,35,36,37)(H,39,41,42);1H/t16-,22-,25+;/m0./s1. The van der Waals surface area contributed by atoms with Gasteiger partial charge in [0.05, 0.1) is 30.4 Å². The Labute approximate surface area is 260 Å². The maximum absolute atomic E-state index is 14.4. The summed E-state index contributed by atoms with van der Waals surface area (Å²) >= 11 is 0. The van der Waals surface area contributed by atoms with Gasteiger partial charge in [-0.3, -0.25) is 19.7 Å². The second-order valence-corrected chi connectivity index (χ2v) is 11.3. The molecule has 3 atom stereocenters. The topological polar surface area (TPSA) is 146 Å². The van der Waals surface area contributed by atoms with Gasteiger partial charge in [0.2, 0.25) is 17.7 Å². The van der Waals surface area contributed by atoms with Gasteiger partial charge in [-0.15, -0.1) is 12.4 Å². The molecule has 3 aromatic rings. The Hall–Kier alpha value is -3.94. The average molecular weight is 634 g/mol. The summed E-state index contributed by atoms with van der Waals surface area (Å²) in [6.45, 7) is 5.96. The van der Waals surface area contributed by atoms with Crippen molar-refractivity contribution >= 4 is 52.5 Å². The van der Waals surface area contributed by atoms with Crippen LogP contribution in [0.25, 0.3) is 10.9 Å². The first-order valence-corrected chi connectivity index (χ1v) is 14.0. The summed E-state index contributed by atoms with van der Waals surface area (Å²) in [7, 11) is 3.13. The Balaban J connectivity index is 0.00000529. The molecule has 2 heterocycles. The predicted molar refractivity (Wildman–Crippen MR) is 165 cm³/mol. The number of amides is 3. The summed E-state index contributed by atoms with van der Waals surface area (Å²) in [6.07, 6.45) is 2.97. The lowest BCUT2D eigenvalue weighted by Crippen LogP contribution is -2.59. The van der Waals surface area contributed by atoms with Crippen LogP contribution in [0.1, 0.15) is 39.2 Å². The summed E-state index contributed by atoms with van der Waals surface area (Å²) in [4.78, 5) is 47.9. The average Bonchev–Trinajstić information content (AvgIpc) is 3.52. The fourth-order valence-corrected chi connectivity index (χ4v) is 5.07. The van der Waals surface area contributed by atoms with Crippen molar-refractivity contribution in [3.05, 3.63) is 53.9 Å². The van der Waals surface area contributed by atoms with E-state index in [1.54, 1.807) is 40.0 Å². The predicted octanol–water partition coefficient (Wildman–Crippen LogP) is 3.14. The number of nitrogens with one attached hydrogen (secondary N) is 5. The van der Waals surface area contributed by atoms with Crippen molar-refractivity contribution < 1.29 is 27.9 Å². The van der Waals surface area contributed by atoms with Gasteiger partial charge in [-0.1, -0.05) is 13.8 Å². The third-order valence-electron chi connectivity index (χ3n) is 7.65. The van der Waals surface area contributed by atoms with Crippen molar-refractivity contribution in [2.24, 2.45) is 5.41 Å². The van der Waals surface area contributed by atoms with Gasteiger partial charge >= 0.3 is 0 Å². The highest BCUT2D eigenvalue weighted by Gasteiger charge is 2.39. The Morgan fingerprint density at radius 2 is 1.89 bits per heavy atom. The largest absolute Gasteiger partial charge is 0.496 e. The minimum absolute atomic E-state index is 0. The molecule has 0 spiro atoms. The van der Waals surface area contributed by atoms with Crippen molar-refractivity contribution in [2.45, 2.75) is 58.2 Å². The lowest BCUT2D eigenvalue weighted by molar-refractivity contribution is -0.137. The molecule has 1 fully saturated rings. The van der Waals surface area contributed by atoms with Gasteiger partial charge in [-0.2, -0.15) is 0 Å². The van der Waals surface area contributed by atoms with Crippen molar-refractivity contribution in [3.8, 4) is 5.75 Å². The number of carbonyl (C=O) groups is 3. The minimum Gasteiger partial charge on any atom is -0.496 e. The molecule has 14 heteroatoms. The van der Waals surface area contributed by atoms with Crippen LogP contribution in [0.4, 0.5) is 20.3 Å². The van der Waals surface area contributed by atoms with Crippen LogP contribution in [0.2, 0.25) is 0 Å². The number of halogens is 3. The molecule has 2 aromatic carbocycles. The number of methoxy groups -OCH3 is 1. The van der Waals surface area contributed by atoms with Gasteiger partial charge in [-0.05, 0) is 69.0 Å². The summed E-state index contributed by atoms with van der Waals surface area (Å²) in [5.41, 5.74) is 0.233. The number of hydrogen-bond donors (Lipinski definition) is 5. The highest BCUT2D eigenvalue weighted by atomic mass is 35.5. The van der Waals surface area contributed by atoms with Gasteiger partial charge in [-0.25, -0.2) is 18.7 Å². The number of rotatable bonds is 11. The third-order valence-corrected chi connectivity index (χ3v) is 7.65. The second kappa shape index (κ2) is 14.7. The molecule has 0 bridgehead atoms. The fourth-order valence-electron chi connectivity index (χ4n) is 5.07. The van der Waals surface area contributed by atoms with E-state index in [2.05, 4.69) is 36.6 Å². The van der Waals surface area contributed by atoms with Crippen LogP contribution in [0.5, 0.6) is 5.75 Å². The SMILES string of the molecule is CN[C@@H](C)C(=O)N[C@H](C(=O)NC(=O)[C@@H]1CCCN1)C(C)(C)Cc1cc2c(Nc3ccc(F)cc3F)ncnc2cc1OC.Cl. The maximum Gasteiger partial charge on any atom is 0.249 e. The Morgan fingerprint density at radius 3 is 2.52 bits per heavy atom. The Morgan fingerprint density at radius 1 is 1.14 bits per heavy atom. The smallest absolute Gasteiger partial charge is 0.249 e. The number of imide groups is 1. The first kappa shape index (κ1) is 34.5. The first-order chi connectivity index (χ1) is 20.4. The molecule has 0 radical (unpaired) electrons. The number of aromatic nitrogens is 2. The van der Waals surface area contributed by atoms with E-state index in [9.17, 15) is 23.2 Å². The molecule has 4 rings (SSSR count). The normalized spacial score (nSPS) is 16.0. The van der Waals surface area contributed by atoms with E-state index in [0.717, 1.165) is 18.6 Å². The van der Waals surface area contributed by atoms with E-state index in [-0.39, 0.29) is 30.3 Å². The number of ether oxygens (including phenoxy) is 1. The highest BCUT2D eigenvalue weighted by Crippen LogP contribution is 2.35. The molecule has 0 unspecified atom stereocenters. The van der Waals surface area contributed by atoms with Crippen LogP contribution >= 0.6 is 12.4 Å². The highest BCUT2D eigenvalue weighted by molar-refractivity contribution is 6.02. The van der Waals surface area contributed by atoms with Crippen LogP contribution in [-0.2, 0) is 20.8 Å². The van der Waals surface area contributed by atoms with E-state index < -0.39 is 52.9 Å². The lowest BCUT2D eigenvalue weighted by Gasteiger charge is -2.35. The lowest BCUT2D eigenvalue weighted by atomic mass is 9.77. The molecule has 5 N–H and O–H groups in total. The zero-order valence-electron chi connectivity index (χ0n) is 25.2. The number of hydrogen-bond acceptors (Lipinski definition) is 9. The minimum atomic E-state index is -1.10. The van der Waals surface area contributed by atoms with Gasteiger partial charge in [0.1, 0.15) is 35.6 Å². The van der Waals surface area contributed by atoms with Crippen molar-refractivity contribution in [1.29, 1.82) is 0 Å². The van der Waals surface area contributed by atoms with Gasteiger partial charge in [0.25, 0.3) is 0 Å². The van der Waals surface area contributed by atoms with Crippen LogP contribution in [0.3, 0.4) is 0 Å². The second-order valence-electron chi connectivity index (χ2n) is 11.3. The van der Waals surface area contributed by atoms with Crippen LogP contribution in [0, 0.1) is 17.0 Å². The number of carbonyl (C=O) groups excluding carboxylic acids is 3. The Kier molecular flexibility index (Phi) is 11.5. The molecule has 1 saturated heterocycles. The maximum atomic E-state index is 14.4. The molecular weight excluding hydrogens is 596 g/mol. The summed E-state index contributed by atoms with van der Waals surface area (Å²) in [5, 5.41) is 14.6. The van der Waals surface area contributed by atoms with Crippen LogP contribution in [-0.4, -0.2) is 66.5 Å². The van der Waals surface area contributed by atoms with E-state index >= 15 is 0 Å². The quantitative estimate of drug-likeness (QED) is 0.215. The van der Waals surface area contributed by atoms with Crippen LogP contribution < -0.4 is 31.3 Å². The number of benzene rings is 2. The summed E-state index contributed by atoms with van der Waals surface area (Å²) < 4.78 is 33.5. The summed E-state index contributed by atoms with van der Waals surface area (Å²) in [5.74, 6) is -2.23. The molecule has 1 aliphatic rings. The third kappa shape index (κ3) is 7.96. The van der Waals surface area contributed by atoms with E-state index in [0.29, 0.717) is 35.2 Å². The first-order valence-electron chi connectivity index (χ1n) is 14.0. The number of fused-ring (bicyclic) bond motifs is 1. The zero-order valence-corrected chi connectivity index (χ0v) is 26.0. The Bertz CT molecular complexity index is 1520. The number of likely N-dealkylation sites (N-methyl/N-ethyl adjacent to an activating group) is 1. The molecule has 0 saturated carbocycles. The van der Waals surface area contributed by atoms with Crippen LogP contribution in [0.15, 0.2) is 36.7 Å². The van der Waals surface area contributed by atoms with E-state index in [1.165, 1.54) is 19.5 Å². The molecule has 0 aliphatic carbocycles. The van der Waals surface area contributed by atoms with Gasteiger partial charge in [0, 0.05) is 17.5 Å². The van der Waals surface area contributed by atoms with Crippen molar-refractivity contribution in [3.63, 3.8) is 0 Å². The molecular formula is C30H38ClF2N7O4. The molecule has 3 amide bonds. The van der Waals surface area contributed by atoms with Gasteiger partial charge in [0.15, 0.2) is 0 Å². The number of nitrogens with zero attached hydrogens (tertiary/aromatic N) is 2. The zero-order chi connectivity index (χ0) is 31.3. The molecule has 238 valence electrons. The molecule has 44 heavy (non-hydrogen) atoms. The molecule has 1 aromatic heterocycles. The fraction of sp³-hybridized carbons (Fsp3) is 0.433. The molecule has 11 nitrogen and oxygen atoms in total. The van der Waals surface area contributed by atoms with Gasteiger partial charge < -0.3 is 26.0 Å². The van der Waals surface area contributed by atoms with Crippen molar-refractivity contribution in [1.82, 2.24) is 31.2 Å².